The Kier molecular flexibility index (Phi) is 5.23. The zero-order chi connectivity index (χ0) is 13.5. The van der Waals surface area contributed by atoms with Crippen LogP contribution in [0, 0.1) is 10.1 Å². The Morgan fingerprint density at radius 1 is 1.67 bits per heavy atom. The molecule has 6 heteroatoms. The Bertz CT molecular complexity index is 399. The van der Waals surface area contributed by atoms with E-state index in [4.69, 9.17) is 4.74 Å². The molecule has 0 N–H and O–H groups in total. The van der Waals surface area contributed by atoms with Crippen molar-refractivity contribution in [1.82, 2.24) is 0 Å². The first-order valence-electron chi connectivity index (χ1n) is 5.69. The summed E-state index contributed by atoms with van der Waals surface area (Å²) in [5.41, 5.74) is 0.749. The van der Waals surface area contributed by atoms with Gasteiger partial charge in [-0.25, -0.2) is 4.79 Å². The predicted octanol–water partition coefficient (Wildman–Crippen LogP) is 1.43. The summed E-state index contributed by atoms with van der Waals surface area (Å²) in [6.07, 6.45) is 5.78. The smallest absolute Gasteiger partial charge is 0.331 e. The normalized spacial score (nSPS) is 21.2. The number of esters is 1. The van der Waals surface area contributed by atoms with E-state index in [0.29, 0.717) is 25.5 Å². The Labute approximate surface area is 104 Å². The summed E-state index contributed by atoms with van der Waals surface area (Å²) in [6, 6.07) is -0.584. The highest BCUT2D eigenvalue weighted by molar-refractivity contribution is 5.83. The largest absolute Gasteiger partial charge is 0.452 e. The van der Waals surface area contributed by atoms with E-state index in [2.05, 4.69) is 0 Å². The Hall–Kier alpha value is -1.98. The third-order valence-corrected chi connectivity index (χ3v) is 2.60. The molecule has 1 aliphatic rings. The molecule has 6 nitrogen and oxygen atoms in total. The first-order valence-corrected chi connectivity index (χ1v) is 5.69. The maximum absolute atomic E-state index is 11.2. The molecule has 98 valence electrons. The van der Waals surface area contributed by atoms with Crippen LogP contribution in [-0.2, 0) is 14.3 Å². The SMILES string of the molecule is C[C@H](C=O)OC(=O)/C=C/C1=CCCC([N+](=O)[O-])C1. The molecule has 18 heavy (non-hydrogen) atoms. The van der Waals surface area contributed by atoms with E-state index in [9.17, 15) is 19.7 Å². The molecule has 2 atom stereocenters. The molecule has 0 radical (unpaired) electrons. The van der Waals surface area contributed by atoms with Crippen LogP contribution in [0.2, 0.25) is 0 Å². The number of ether oxygens (including phenoxy) is 1. The minimum absolute atomic E-state index is 0.298. The van der Waals surface area contributed by atoms with Gasteiger partial charge in [0.05, 0.1) is 0 Å². The van der Waals surface area contributed by atoms with Crippen molar-refractivity contribution in [3.05, 3.63) is 33.9 Å². The van der Waals surface area contributed by atoms with Crippen LogP contribution in [0.5, 0.6) is 0 Å². The quantitative estimate of drug-likeness (QED) is 0.243. The number of hydrogen-bond donors (Lipinski definition) is 0. The van der Waals surface area contributed by atoms with Crippen LogP contribution < -0.4 is 0 Å². The third-order valence-electron chi connectivity index (χ3n) is 2.60. The fourth-order valence-corrected chi connectivity index (χ4v) is 1.66. The highest BCUT2D eigenvalue weighted by Gasteiger charge is 2.23. The molecule has 0 heterocycles. The van der Waals surface area contributed by atoms with Gasteiger partial charge in [0.2, 0.25) is 6.04 Å². The molecule has 0 aromatic carbocycles. The molecule has 0 amide bonds. The van der Waals surface area contributed by atoms with Gasteiger partial charge in [0.1, 0.15) is 0 Å². The van der Waals surface area contributed by atoms with E-state index < -0.39 is 18.1 Å². The number of rotatable bonds is 5. The van der Waals surface area contributed by atoms with E-state index in [1.165, 1.54) is 19.1 Å². The predicted molar refractivity (Wildman–Crippen MR) is 63.5 cm³/mol. The molecule has 0 aliphatic heterocycles. The Balaban J connectivity index is 2.51. The molecule has 1 unspecified atom stereocenters. The van der Waals surface area contributed by atoms with Gasteiger partial charge in [0.15, 0.2) is 12.4 Å². The van der Waals surface area contributed by atoms with Gasteiger partial charge in [-0.1, -0.05) is 12.2 Å². The molecule has 0 aromatic heterocycles. The van der Waals surface area contributed by atoms with Crippen LogP contribution in [0.3, 0.4) is 0 Å². The summed E-state index contributed by atoms with van der Waals surface area (Å²) >= 11 is 0. The minimum Gasteiger partial charge on any atom is -0.452 e. The number of nitrogens with zero attached hydrogens (tertiary/aromatic N) is 1. The van der Waals surface area contributed by atoms with Crippen molar-refractivity contribution >= 4 is 12.3 Å². The number of carbonyl (C=O) groups excluding carboxylic acids is 2. The number of carbonyl (C=O) groups is 2. The summed E-state index contributed by atoms with van der Waals surface area (Å²) in [4.78, 5) is 31.9. The van der Waals surface area contributed by atoms with Crippen molar-refractivity contribution in [3.63, 3.8) is 0 Å². The molecule has 1 aliphatic carbocycles. The van der Waals surface area contributed by atoms with Crippen LogP contribution in [0.1, 0.15) is 26.2 Å². The lowest BCUT2D eigenvalue weighted by Gasteiger charge is -2.14. The summed E-state index contributed by atoms with van der Waals surface area (Å²) in [7, 11) is 0. The molecule has 0 aromatic rings. The van der Waals surface area contributed by atoms with E-state index in [1.54, 1.807) is 0 Å². The van der Waals surface area contributed by atoms with Gasteiger partial charge in [0.25, 0.3) is 0 Å². The topological polar surface area (TPSA) is 86.5 Å². The average molecular weight is 253 g/mol. The van der Waals surface area contributed by atoms with E-state index in [-0.39, 0.29) is 4.92 Å². The van der Waals surface area contributed by atoms with Gasteiger partial charge < -0.3 is 4.74 Å². The van der Waals surface area contributed by atoms with Crippen molar-refractivity contribution in [1.29, 1.82) is 0 Å². The van der Waals surface area contributed by atoms with Gasteiger partial charge >= 0.3 is 5.97 Å². The summed E-state index contributed by atoms with van der Waals surface area (Å²) in [5.74, 6) is -0.626. The summed E-state index contributed by atoms with van der Waals surface area (Å²) in [6.45, 7) is 1.46. The first kappa shape index (κ1) is 14.1. The van der Waals surface area contributed by atoms with Crippen molar-refractivity contribution in [2.24, 2.45) is 0 Å². The standard InChI is InChI=1S/C12H15NO5/c1-9(8-14)18-12(15)6-5-10-3-2-4-11(7-10)13(16)17/h3,5-6,8-9,11H,2,4,7H2,1H3/b6-5+/t9-,11?/m1/s1. The maximum atomic E-state index is 11.2. The maximum Gasteiger partial charge on any atom is 0.331 e. The van der Waals surface area contributed by atoms with Gasteiger partial charge in [-0.05, 0) is 18.9 Å². The van der Waals surface area contributed by atoms with Crippen molar-refractivity contribution < 1.29 is 19.2 Å². The van der Waals surface area contributed by atoms with Crippen LogP contribution in [0.15, 0.2) is 23.8 Å². The molecular weight excluding hydrogens is 238 g/mol. The highest BCUT2D eigenvalue weighted by Crippen LogP contribution is 2.21. The van der Waals surface area contributed by atoms with E-state index in [0.717, 1.165) is 5.57 Å². The van der Waals surface area contributed by atoms with Crippen molar-refractivity contribution in [2.45, 2.75) is 38.3 Å². The number of aldehydes is 1. The lowest BCUT2D eigenvalue weighted by Crippen LogP contribution is -2.22. The third kappa shape index (κ3) is 4.48. The number of allylic oxidation sites excluding steroid dienone is 2. The van der Waals surface area contributed by atoms with Crippen LogP contribution in [-0.4, -0.2) is 29.3 Å². The van der Waals surface area contributed by atoms with Gasteiger partial charge in [0, 0.05) is 23.8 Å². The highest BCUT2D eigenvalue weighted by atomic mass is 16.6. The molecular formula is C12H15NO5. The van der Waals surface area contributed by atoms with Crippen LogP contribution in [0.25, 0.3) is 0 Å². The van der Waals surface area contributed by atoms with E-state index in [1.807, 2.05) is 6.08 Å². The molecule has 0 saturated carbocycles. The minimum atomic E-state index is -0.783. The monoisotopic (exact) mass is 253 g/mol. The fraction of sp³-hybridized carbons (Fsp3) is 0.500. The Morgan fingerprint density at radius 3 is 3.00 bits per heavy atom. The number of nitro groups is 1. The van der Waals surface area contributed by atoms with Crippen LogP contribution >= 0.6 is 0 Å². The zero-order valence-electron chi connectivity index (χ0n) is 10.1. The lowest BCUT2D eigenvalue weighted by atomic mass is 9.95. The van der Waals surface area contributed by atoms with Crippen LogP contribution in [0.4, 0.5) is 0 Å². The summed E-state index contributed by atoms with van der Waals surface area (Å²) < 4.78 is 4.71. The Morgan fingerprint density at radius 2 is 2.39 bits per heavy atom. The average Bonchev–Trinajstić information content (AvgIpc) is 2.36. The number of hydrogen-bond acceptors (Lipinski definition) is 5. The van der Waals surface area contributed by atoms with Crippen molar-refractivity contribution in [3.8, 4) is 0 Å². The molecule has 0 spiro atoms. The van der Waals surface area contributed by atoms with Gasteiger partial charge in [-0.2, -0.15) is 0 Å². The van der Waals surface area contributed by atoms with Gasteiger partial charge in [-0.3, -0.25) is 14.9 Å². The van der Waals surface area contributed by atoms with Crippen molar-refractivity contribution in [2.75, 3.05) is 0 Å². The zero-order valence-corrected chi connectivity index (χ0v) is 10.1. The van der Waals surface area contributed by atoms with Gasteiger partial charge in [-0.15, -0.1) is 0 Å². The van der Waals surface area contributed by atoms with E-state index >= 15 is 0 Å². The molecule has 0 fully saturated rings. The molecule has 0 bridgehead atoms. The second-order valence-electron chi connectivity index (χ2n) is 4.11. The second-order valence-corrected chi connectivity index (χ2v) is 4.11. The lowest BCUT2D eigenvalue weighted by molar-refractivity contribution is -0.523. The molecule has 0 saturated heterocycles. The second kappa shape index (κ2) is 6.68. The first-order chi connectivity index (χ1) is 8.52. The molecule has 1 rings (SSSR count). The summed E-state index contributed by atoms with van der Waals surface area (Å²) in [5, 5.41) is 10.6. The fourth-order valence-electron chi connectivity index (χ4n) is 1.66.